The molecule has 3 aromatic rings. The number of anilines is 1. The van der Waals surface area contributed by atoms with Gasteiger partial charge >= 0.3 is 0 Å². The Morgan fingerprint density at radius 3 is 2.76 bits per heavy atom. The Morgan fingerprint density at radius 2 is 1.97 bits per heavy atom. The maximum Gasteiger partial charge on any atom is 0.258 e. The van der Waals surface area contributed by atoms with E-state index in [4.69, 9.17) is 4.98 Å². The Hall–Kier alpha value is -3.37. The summed E-state index contributed by atoms with van der Waals surface area (Å²) in [6, 6.07) is 8.81. The smallest absolute Gasteiger partial charge is 0.258 e. The summed E-state index contributed by atoms with van der Waals surface area (Å²) in [6.45, 7) is 1.29. The Kier molecular flexibility index (Phi) is 5.78. The summed E-state index contributed by atoms with van der Waals surface area (Å²) < 4.78 is 0. The molecule has 2 atom stereocenters. The number of likely N-dealkylation sites (N-methyl/N-ethyl adjacent to an activating group) is 2. The number of nitrogens with one attached hydrogen (secondary N) is 1. The van der Waals surface area contributed by atoms with Crippen molar-refractivity contribution < 1.29 is 14.7 Å². The third-order valence-electron chi connectivity index (χ3n) is 6.48. The van der Waals surface area contributed by atoms with Gasteiger partial charge in [0.15, 0.2) is 5.60 Å². The van der Waals surface area contributed by atoms with Crippen molar-refractivity contribution in [2.45, 2.75) is 30.9 Å². The number of aliphatic hydroxyl groups is 1. The van der Waals surface area contributed by atoms with Gasteiger partial charge in [-0.05, 0) is 30.5 Å². The van der Waals surface area contributed by atoms with Gasteiger partial charge in [-0.1, -0.05) is 18.2 Å². The molecule has 5 rings (SSSR count). The van der Waals surface area contributed by atoms with Crippen molar-refractivity contribution in [1.82, 2.24) is 24.8 Å². The number of amides is 2. The average Bonchev–Trinajstić information content (AvgIpc) is 3.45. The number of nitrogens with zero attached hydrogens (tertiary/aromatic N) is 5. The summed E-state index contributed by atoms with van der Waals surface area (Å²) in [5.41, 5.74) is 1.25. The second-order valence-corrected chi connectivity index (χ2v) is 9.68. The highest BCUT2D eigenvalue weighted by molar-refractivity contribution is 7.13. The molecule has 1 aromatic carbocycles. The zero-order valence-electron chi connectivity index (χ0n) is 19.1. The molecule has 2 fully saturated rings. The number of thiazole rings is 1. The van der Waals surface area contributed by atoms with Gasteiger partial charge in [0.05, 0.1) is 5.69 Å². The molecule has 2 unspecified atom stereocenters. The van der Waals surface area contributed by atoms with E-state index < -0.39 is 5.60 Å². The zero-order chi connectivity index (χ0) is 23.9. The van der Waals surface area contributed by atoms with E-state index in [9.17, 15) is 14.7 Å². The minimum atomic E-state index is -1.50. The van der Waals surface area contributed by atoms with Crippen LogP contribution in [-0.4, -0.2) is 74.9 Å². The number of hydrogen-bond acceptors (Lipinski definition) is 8. The van der Waals surface area contributed by atoms with Crippen molar-refractivity contribution in [1.29, 1.82) is 0 Å². The number of hydrogen-bond donors (Lipinski definition) is 2. The number of likely N-dealkylation sites (tertiary alicyclic amines) is 2. The van der Waals surface area contributed by atoms with Gasteiger partial charge in [0.25, 0.3) is 5.91 Å². The molecule has 0 saturated carbocycles. The molecule has 2 N–H and O–H groups in total. The van der Waals surface area contributed by atoms with Crippen molar-refractivity contribution in [2.75, 3.05) is 32.5 Å². The van der Waals surface area contributed by atoms with Crippen LogP contribution in [0, 0.1) is 0 Å². The number of benzene rings is 1. The third-order valence-corrected chi connectivity index (χ3v) is 7.37. The van der Waals surface area contributed by atoms with Crippen molar-refractivity contribution in [3.8, 4) is 22.0 Å². The van der Waals surface area contributed by atoms with Crippen LogP contribution in [0.5, 0.6) is 0 Å². The van der Waals surface area contributed by atoms with Crippen molar-refractivity contribution >= 4 is 29.1 Å². The van der Waals surface area contributed by atoms with E-state index in [0.29, 0.717) is 35.9 Å². The summed E-state index contributed by atoms with van der Waals surface area (Å²) in [5.74, 6) is 0.159. The number of aromatic nitrogens is 3. The number of piperidine rings is 1. The van der Waals surface area contributed by atoms with Gasteiger partial charge in [-0.3, -0.25) is 9.59 Å². The Labute approximate surface area is 201 Å². The van der Waals surface area contributed by atoms with Gasteiger partial charge in [0.2, 0.25) is 11.9 Å². The fourth-order valence-electron chi connectivity index (χ4n) is 4.45. The molecule has 34 heavy (non-hydrogen) atoms. The van der Waals surface area contributed by atoms with E-state index in [1.54, 1.807) is 42.2 Å². The molecular formula is C24H26N6O3S. The SMILES string of the molecule is CN1CCCC(Nc2nccc(-c3csc(-c4cccc(C5(O)CCN(C)C5=O)c4)n3)n2)C1=O. The number of carbonyl (C=O) groups excluding carboxylic acids is 2. The van der Waals surface area contributed by atoms with Gasteiger partial charge in [-0.2, -0.15) is 0 Å². The lowest BCUT2D eigenvalue weighted by atomic mass is 9.91. The third kappa shape index (κ3) is 4.03. The van der Waals surface area contributed by atoms with E-state index in [1.165, 1.54) is 11.3 Å². The van der Waals surface area contributed by atoms with Crippen LogP contribution in [0.25, 0.3) is 22.0 Å². The van der Waals surface area contributed by atoms with Gasteiger partial charge < -0.3 is 20.2 Å². The largest absolute Gasteiger partial charge is 0.375 e. The maximum absolute atomic E-state index is 12.5. The second-order valence-electron chi connectivity index (χ2n) is 8.82. The molecule has 0 bridgehead atoms. The van der Waals surface area contributed by atoms with Crippen LogP contribution >= 0.6 is 11.3 Å². The minimum Gasteiger partial charge on any atom is -0.375 e. The van der Waals surface area contributed by atoms with Crippen LogP contribution < -0.4 is 5.32 Å². The van der Waals surface area contributed by atoms with Crippen molar-refractivity contribution in [3.63, 3.8) is 0 Å². The van der Waals surface area contributed by atoms with Crippen molar-refractivity contribution in [2.24, 2.45) is 0 Å². The monoisotopic (exact) mass is 478 g/mol. The lowest BCUT2D eigenvalue weighted by Gasteiger charge is -2.29. The predicted molar refractivity (Wildman–Crippen MR) is 129 cm³/mol. The molecule has 2 aliphatic rings. The maximum atomic E-state index is 12.5. The lowest BCUT2D eigenvalue weighted by Crippen LogP contribution is -2.45. The van der Waals surface area contributed by atoms with E-state index in [1.807, 2.05) is 23.6 Å². The van der Waals surface area contributed by atoms with E-state index >= 15 is 0 Å². The normalized spacial score (nSPS) is 23.0. The first-order valence-electron chi connectivity index (χ1n) is 11.2. The van der Waals surface area contributed by atoms with Crippen LogP contribution in [0.2, 0.25) is 0 Å². The molecule has 2 amide bonds. The molecule has 2 saturated heterocycles. The van der Waals surface area contributed by atoms with Crippen LogP contribution in [0.15, 0.2) is 41.9 Å². The first-order chi connectivity index (χ1) is 16.3. The summed E-state index contributed by atoms with van der Waals surface area (Å²) in [6.07, 6.45) is 3.70. The minimum absolute atomic E-state index is 0.0460. The van der Waals surface area contributed by atoms with Crippen LogP contribution in [0.4, 0.5) is 5.95 Å². The molecule has 0 aliphatic carbocycles. The van der Waals surface area contributed by atoms with E-state index in [0.717, 1.165) is 30.0 Å². The van der Waals surface area contributed by atoms with Gasteiger partial charge in [-0.15, -0.1) is 11.3 Å². The zero-order valence-corrected chi connectivity index (χ0v) is 19.9. The number of rotatable bonds is 5. The molecule has 176 valence electrons. The first-order valence-corrected chi connectivity index (χ1v) is 12.1. The number of carbonyl (C=O) groups is 2. The van der Waals surface area contributed by atoms with Crippen LogP contribution in [0.3, 0.4) is 0 Å². The standard InChI is InChI=1S/C24H26N6O3S/c1-29-11-4-7-18(21(29)31)28-23-25-10-8-17(27-23)19-14-34-20(26-19)15-5-3-6-16(13-15)24(33)9-12-30(2)22(24)32/h3,5-6,8,10,13-14,18,33H,4,7,9,11-12H2,1-2H3,(H,25,27,28). The Balaban J connectivity index is 1.37. The summed E-state index contributed by atoms with van der Waals surface area (Å²) in [4.78, 5) is 41.7. The van der Waals surface area contributed by atoms with Gasteiger partial charge in [-0.25, -0.2) is 15.0 Å². The highest BCUT2D eigenvalue weighted by atomic mass is 32.1. The predicted octanol–water partition coefficient (Wildman–Crippen LogP) is 2.35. The van der Waals surface area contributed by atoms with E-state index in [-0.39, 0.29) is 17.9 Å². The average molecular weight is 479 g/mol. The van der Waals surface area contributed by atoms with Crippen LogP contribution in [0.1, 0.15) is 24.8 Å². The molecular weight excluding hydrogens is 452 g/mol. The highest BCUT2D eigenvalue weighted by Gasteiger charge is 2.45. The molecule has 0 spiro atoms. The molecule has 10 heteroatoms. The van der Waals surface area contributed by atoms with Crippen LogP contribution in [-0.2, 0) is 15.2 Å². The summed E-state index contributed by atoms with van der Waals surface area (Å²) >= 11 is 1.46. The van der Waals surface area contributed by atoms with E-state index in [2.05, 4.69) is 15.3 Å². The summed E-state index contributed by atoms with van der Waals surface area (Å²) in [5, 5.41) is 16.8. The Bertz CT molecular complexity index is 1250. The van der Waals surface area contributed by atoms with Crippen molar-refractivity contribution in [3.05, 3.63) is 47.5 Å². The fourth-order valence-corrected chi connectivity index (χ4v) is 5.26. The molecule has 9 nitrogen and oxygen atoms in total. The molecule has 2 aromatic heterocycles. The first kappa shape index (κ1) is 22.4. The molecule has 2 aliphatic heterocycles. The quantitative estimate of drug-likeness (QED) is 0.579. The fraction of sp³-hybridized carbons (Fsp3) is 0.375. The van der Waals surface area contributed by atoms with Gasteiger partial charge in [0.1, 0.15) is 16.7 Å². The highest BCUT2D eigenvalue weighted by Crippen LogP contribution is 2.36. The Morgan fingerprint density at radius 1 is 1.12 bits per heavy atom. The lowest BCUT2D eigenvalue weighted by molar-refractivity contribution is -0.143. The second kappa shape index (κ2) is 8.77. The summed E-state index contributed by atoms with van der Waals surface area (Å²) in [7, 11) is 3.50. The molecule has 0 radical (unpaired) electrons. The van der Waals surface area contributed by atoms with Gasteiger partial charge in [0, 0.05) is 50.7 Å². The molecule has 4 heterocycles. The topological polar surface area (TPSA) is 112 Å².